The van der Waals surface area contributed by atoms with Gasteiger partial charge in [0.1, 0.15) is 18.0 Å². The van der Waals surface area contributed by atoms with Gasteiger partial charge in [-0.2, -0.15) is 5.10 Å². The van der Waals surface area contributed by atoms with Crippen molar-refractivity contribution in [2.75, 3.05) is 41.0 Å². The largest absolute Gasteiger partial charge is 0.497 e. The number of thiophene rings is 1. The number of carbonyl (C=O) groups excluding carboxylic acids is 2. The summed E-state index contributed by atoms with van der Waals surface area (Å²) in [6, 6.07) is 9.11. The highest BCUT2D eigenvalue weighted by molar-refractivity contribution is 7.12. The van der Waals surface area contributed by atoms with E-state index in [0.29, 0.717) is 37.5 Å². The van der Waals surface area contributed by atoms with Crippen LogP contribution in [0, 0.1) is 5.41 Å². The van der Waals surface area contributed by atoms with Crippen LogP contribution in [0.5, 0.6) is 11.5 Å². The second-order valence-corrected chi connectivity index (χ2v) is 10.6. The molecule has 0 spiro atoms. The molecule has 2 heterocycles. The van der Waals surface area contributed by atoms with E-state index in [1.807, 2.05) is 56.5 Å². The molecule has 35 heavy (non-hydrogen) atoms. The smallest absolute Gasteiger partial charge is 0.262 e. The van der Waals surface area contributed by atoms with Crippen LogP contribution < -0.4 is 9.47 Å². The van der Waals surface area contributed by atoms with Gasteiger partial charge in [-0.3, -0.25) is 9.59 Å². The lowest BCUT2D eigenvalue weighted by Crippen LogP contribution is -2.43. The van der Waals surface area contributed by atoms with Gasteiger partial charge in [0.2, 0.25) is 5.91 Å². The van der Waals surface area contributed by atoms with Gasteiger partial charge in [0, 0.05) is 32.1 Å². The minimum Gasteiger partial charge on any atom is -0.497 e. The van der Waals surface area contributed by atoms with Crippen molar-refractivity contribution >= 4 is 28.9 Å². The van der Waals surface area contributed by atoms with E-state index in [4.69, 9.17) is 19.3 Å². The highest BCUT2D eigenvalue weighted by Gasteiger charge is 2.36. The summed E-state index contributed by atoms with van der Waals surface area (Å²) in [5.41, 5.74) is 1.44. The molecule has 1 atom stereocenters. The fraction of sp³-hybridized carbons (Fsp3) is 0.500. The molecular weight excluding hydrogens is 466 g/mol. The molecule has 0 N–H and O–H groups in total. The zero-order chi connectivity index (χ0) is 25.6. The number of amides is 2. The van der Waals surface area contributed by atoms with E-state index < -0.39 is 0 Å². The standard InChI is InChI=1S/C26H35N3O5S/c1-26(2,3)16-24(30)28(11-12-32-4)17-25(31)29-21(15-20(27-29)23-8-7-13-35-23)19-14-18(33-5)9-10-22(19)34-6/h7-10,13-14,21H,11-12,15-17H2,1-6H3/t21-/m1/s1. The molecule has 3 rings (SSSR count). The van der Waals surface area contributed by atoms with Gasteiger partial charge in [-0.1, -0.05) is 26.8 Å². The summed E-state index contributed by atoms with van der Waals surface area (Å²) in [4.78, 5) is 29.3. The Labute approximate surface area is 211 Å². The second kappa shape index (κ2) is 11.7. The van der Waals surface area contributed by atoms with Crippen LogP contribution in [0.3, 0.4) is 0 Å². The molecule has 1 aromatic heterocycles. The molecule has 2 amide bonds. The van der Waals surface area contributed by atoms with E-state index in [-0.39, 0.29) is 29.8 Å². The van der Waals surface area contributed by atoms with Crippen LogP contribution in [0.4, 0.5) is 0 Å². The first kappa shape index (κ1) is 26.7. The molecule has 0 saturated heterocycles. The molecule has 2 aromatic rings. The van der Waals surface area contributed by atoms with Gasteiger partial charge in [-0.25, -0.2) is 5.01 Å². The van der Waals surface area contributed by atoms with Gasteiger partial charge in [0.05, 0.1) is 37.5 Å². The first-order chi connectivity index (χ1) is 16.7. The number of rotatable bonds is 10. The van der Waals surface area contributed by atoms with Crippen molar-refractivity contribution in [1.82, 2.24) is 9.91 Å². The number of ether oxygens (including phenoxy) is 3. The van der Waals surface area contributed by atoms with Crippen LogP contribution in [0.15, 0.2) is 40.8 Å². The van der Waals surface area contributed by atoms with E-state index in [1.54, 1.807) is 37.6 Å². The minimum absolute atomic E-state index is 0.0811. The fourth-order valence-electron chi connectivity index (χ4n) is 3.97. The average Bonchev–Trinajstić information content (AvgIpc) is 3.50. The maximum Gasteiger partial charge on any atom is 0.262 e. The monoisotopic (exact) mass is 501 g/mol. The topological polar surface area (TPSA) is 80.7 Å². The zero-order valence-electron chi connectivity index (χ0n) is 21.4. The third-order valence-electron chi connectivity index (χ3n) is 5.69. The lowest BCUT2D eigenvalue weighted by atomic mass is 9.91. The van der Waals surface area contributed by atoms with Crippen molar-refractivity contribution in [2.24, 2.45) is 10.5 Å². The van der Waals surface area contributed by atoms with Gasteiger partial charge >= 0.3 is 0 Å². The Bertz CT molecular complexity index is 1050. The predicted octanol–water partition coefficient (Wildman–Crippen LogP) is 4.35. The van der Waals surface area contributed by atoms with E-state index in [9.17, 15) is 9.59 Å². The molecule has 0 saturated carbocycles. The Morgan fingerprint density at radius 2 is 1.94 bits per heavy atom. The lowest BCUT2D eigenvalue weighted by Gasteiger charge is -2.29. The average molecular weight is 502 g/mol. The number of methoxy groups -OCH3 is 3. The summed E-state index contributed by atoms with van der Waals surface area (Å²) in [6.45, 7) is 6.61. The Morgan fingerprint density at radius 3 is 2.54 bits per heavy atom. The van der Waals surface area contributed by atoms with Crippen molar-refractivity contribution in [3.8, 4) is 11.5 Å². The van der Waals surface area contributed by atoms with Gasteiger partial charge in [-0.15, -0.1) is 11.3 Å². The molecule has 9 heteroatoms. The van der Waals surface area contributed by atoms with Crippen molar-refractivity contribution in [2.45, 2.75) is 39.7 Å². The van der Waals surface area contributed by atoms with Crippen molar-refractivity contribution in [1.29, 1.82) is 0 Å². The molecule has 0 bridgehead atoms. The second-order valence-electron chi connectivity index (χ2n) is 9.64. The SMILES string of the molecule is COCCN(CC(=O)N1N=C(c2cccs2)C[C@@H]1c1cc(OC)ccc1OC)C(=O)CC(C)(C)C. The van der Waals surface area contributed by atoms with Crippen molar-refractivity contribution < 1.29 is 23.8 Å². The first-order valence-corrected chi connectivity index (χ1v) is 12.5. The van der Waals surface area contributed by atoms with Crippen LogP contribution in [0.1, 0.15) is 50.1 Å². The minimum atomic E-state index is -0.383. The number of nitrogens with zero attached hydrogens (tertiary/aromatic N) is 3. The maximum atomic E-state index is 13.7. The maximum absolute atomic E-state index is 13.7. The van der Waals surface area contributed by atoms with Crippen LogP contribution in [-0.4, -0.2) is 68.5 Å². The molecule has 0 fully saturated rings. The third kappa shape index (κ3) is 6.82. The van der Waals surface area contributed by atoms with Gasteiger partial charge in [0.25, 0.3) is 5.91 Å². The zero-order valence-corrected chi connectivity index (χ0v) is 22.2. The quantitative estimate of drug-likeness (QED) is 0.483. The molecule has 1 aliphatic rings. The van der Waals surface area contributed by atoms with Gasteiger partial charge in [0.15, 0.2) is 0 Å². The summed E-state index contributed by atoms with van der Waals surface area (Å²) < 4.78 is 16.2. The third-order valence-corrected chi connectivity index (χ3v) is 6.61. The van der Waals surface area contributed by atoms with Crippen LogP contribution >= 0.6 is 11.3 Å². The first-order valence-electron chi connectivity index (χ1n) is 11.6. The Hall–Kier alpha value is -2.91. The molecule has 1 aliphatic heterocycles. The Kier molecular flexibility index (Phi) is 8.91. The summed E-state index contributed by atoms with van der Waals surface area (Å²) in [5.74, 6) is 0.973. The van der Waals surface area contributed by atoms with E-state index in [1.165, 1.54) is 5.01 Å². The molecule has 0 radical (unpaired) electrons. The highest BCUT2D eigenvalue weighted by Crippen LogP contribution is 2.39. The van der Waals surface area contributed by atoms with Gasteiger partial charge in [-0.05, 0) is 35.1 Å². The van der Waals surface area contributed by atoms with Crippen molar-refractivity contribution in [3.63, 3.8) is 0 Å². The summed E-state index contributed by atoms with van der Waals surface area (Å²) in [6.07, 6.45) is 0.866. The number of hydrazone groups is 1. The molecule has 0 aliphatic carbocycles. The fourth-order valence-corrected chi connectivity index (χ4v) is 4.69. The van der Waals surface area contributed by atoms with Crippen LogP contribution in [0.25, 0.3) is 0 Å². The number of hydrogen-bond acceptors (Lipinski definition) is 7. The van der Waals surface area contributed by atoms with Crippen molar-refractivity contribution in [3.05, 3.63) is 46.2 Å². The number of carbonyl (C=O) groups is 2. The predicted molar refractivity (Wildman–Crippen MR) is 137 cm³/mol. The van der Waals surface area contributed by atoms with Crippen LogP contribution in [-0.2, 0) is 14.3 Å². The van der Waals surface area contributed by atoms with E-state index in [0.717, 1.165) is 16.2 Å². The van der Waals surface area contributed by atoms with Crippen LogP contribution in [0.2, 0.25) is 0 Å². The normalized spacial score (nSPS) is 15.7. The molecular formula is C26H35N3O5S. The summed E-state index contributed by atoms with van der Waals surface area (Å²) in [5, 5.41) is 8.22. The summed E-state index contributed by atoms with van der Waals surface area (Å²) >= 11 is 1.58. The highest BCUT2D eigenvalue weighted by atomic mass is 32.1. The lowest BCUT2D eigenvalue weighted by molar-refractivity contribution is -0.143. The van der Waals surface area contributed by atoms with E-state index >= 15 is 0 Å². The number of benzene rings is 1. The molecule has 190 valence electrons. The molecule has 0 unspecified atom stereocenters. The molecule has 1 aromatic carbocycles. The Morgan fingerprint density at radius 1 is 1.17 bits per heavy atom. The Balaban J connectivity index is 1.93. The van der Waals surface area contributed by atoms with Gasteiger partial charge < -0.3 is 19.1 Å². The summed E-state index contributed by atoms with van der Waals surface area (Å²) in [7, 11) is 4.79. The number of hydrogen-bond donors (Lipinski definition) is 0. The molecule has 8 nitrogen and oxygen atoms in total. The van der Waals surface area contributed by atoms with E-state index in [2.05, 4.69) is 0 Å².